The average Bonchev–Trinajstić information content (AvgIpc) is 2.02. The summed E-state index contributed by atoms with van der Waals surface area (Å²) in [6.07, 6.45) is 0.298. The van der Waals surface area contributed by atoms with E-state index in [1.807, 2.05) is 0 Å². The van der Waals surface area contributed by atoms with Gasteiger partial charge in [0.2, 0.25) is 0 Å². The van der Waals surface area contributed by atoms with E-state index >= 15 is 0 Å². The highest BCUT2D eigenvalue weighted by Gasteiger charge is 2.46. The minimum Gasteiger partial charge on any atom is -0.463 e. The lowest BCUT2D eigenvalue weighted by atomic mass is 10.5. The molecule has 0 saturated heterocycles. The number of esters is 1. The highest BCUT2D eigenvalue weighted by molar-refractivity contribution is 7.96. The second-order valence-corrected chi connectivity index (χ2v) is 4.57. The third-order valence-corrected chi connectivity index (χ3v) is 2.91. The lowest BCUT2D eigenvalue weighted by Crippen LogP contribution is -2.24. The number of carbonyl (C=O) groups excluding carboxylic acids is 1. The number of hydrogen-bond donors (Lipinski definition) is 0. The van der Waals surface area contributed by atoms with Gasteiger partial charge in [-0.05, 0) is 13.8 Å². The van der Waals surface area contributed by atoms with Crippen molar-refractivity contribution < 1.29 is 31.1 Å². The van der Waals surface area contributed by atoms with Gasteiger partial charge >= 0.3 is 11.5 Å². The Balaban J connectivity index is 5.03. The van der Waals surface area contributed by atoms with Crippen molar-refractivity contribution in [2.24, 2.45) is 0 Å². The minimum absolute atomic E-state index is 0.0469. The molecule has 0 heterocycles. The van der Waals surface area contributed by atoms with Crippen LogP contribution in [0.15, 0.2) is 11.0 Å². The van der Waals surface area contributed by atoms with Crippen LogP contribution in [0.3, 0.4) is 0 Å². The van der Waals surface area contributed by atoms with Gasteiger partial charge in [0.1, 0.15) is 0 Å². The fraction of sp³-hybridized carbons (Fsp3) is 0.571. The molecule has 0 N–H and O–H groups in total. The second kappa shape index (κ2) is 4.65. The molecule has 0 aromatic heterocycles. The van der Waals surface area contributed by atoms with Crippen LogP contribution >= 0.6 is 0 Å². The fourth-order valence-electron chi connectivity index (χ4n) is 0.610. The van der Waals surface area contributed by atoms with Crippen LogP contribution in [0.5, 0.6) is 0 Å². The Bertz CT molecular complexity index is 366. The van der Waals surface area contributed by atoms with Gasteiger partial charge in [0.25, 0.3) is 9.84 Å². The van der Waals surface area contributed by atoms with E-state index in [2.05, 4.69) is 4.74 Å². The monoisotopic (exact) mass is 246 g/mol. The lowest BCUT2D eigenvalue weighted by molar-refractivity contribution is -0.137. The molecule has 0 aliphatic heterocycles. The van der Waals surface area contributed by atoms with Gasteiger partial charge in [0, 0.05) is 6.08 Å². The molecule has 15 heavy (non-hydrogen) atoms. The number of alkyl halides is 3. The van der Waals surface area contributed by atoms with E-state index in [1.165, 1.54) is 6.92 Å². The average molecular weight is 246 g/mol. The number of carbonyl (C=O) groups is 1. The first-order valence-corrected chi connectivity index (χ1v) is 5.27. The summed E-state index contributed by atoms with van der Waals surface area (Å²) in [6.45, 7) is 2.08. The molecule has 8 heteroatoms. The zero-order valence-corrected chi connectivity index (χ0v) is 8.78. The maximum atomic E-state index is 11.9. The van der Waals surface area contributed by atoms with Crippen molar-refractivity contribution in [3.63, 3.8) is 0 Å². The fourth-order valence-corrected chi connectivity index (χ4v) is 1.23. The van der Waals surface area contributed by atoms with Gasteiger partial charge < -0.3 is 4.74 Å². The van der Waals surface area contributed by atoms with Crippen LogP contribution in [0, 0.1) is 0 Å². The predicted molar refractivity (Wildman–Crippen MR) is 45.4 cm³/mol. The van der Waals surface area contributed by atoms with E-state index in [1.54, 1.807) is 0 Å². The summed E-state index contributed by atoms with van der Waals surface area (Å²) in [5.74, 6) is -1.12. The SMILES string of the molecule is CCOC(=O)/C=C(/C)S(=O)(=O)C(F)(F)F. The summed E-state index contributed by atoms with van der Waals surface area (Å²) in [7, 11) is -5.43. The van der Waals surface area contributed by atoms with E-state index in [0.717, 1.165) is 0 Å². The molecule has 0 aromatic carbocycles. The number of halogens is 3. The first-order valence-electron chi connectivity index (χ1n) is 3.79. The Morgan fingerprint density at radius 3 is 2.20 bits per heavy atom. The first kappa shape index (κ1) is 13.9. The Morgan fingerprint density at radius 1 is 1.40 bits per heavy atom. The van der Waals surface area contributed by atoms with Crippen molar-refractivity contribution in [1.29, 1.82) is 0 Å². The van der Waals surface area contributed by atoms with Crippen LogP contribution in [0.2, 0.25) is 0 Å². The van der Waals surface area contributed by atoms with E-state index < -0.39 is 26.2 Å². The molecule has 88 valence electrons. The van der Waals surface area contributed by atoms with Crippen LogP contribution in [0.25, 0.3) is 0 Å². The van der Waals surface area contributed by atoms with Crippen molar-refractivity contribution in [1.82, 2.24) is 0 Å². The molecular weight excluding hydrogens is 237 g/mol. The molecule has 0 fully saturated rings. The topological polar surface area (TPSA) is 60.4 Å². The van der Waals surface area contributed by atoms with Crippen molar-refractivity contribution in [3.05, 3.63) is 11.0 Å². The molecule has 0 aliphatic rings. The van der Waals surface area contributed by atoms with Gasteiger partial charge in [-0.1, -0.05) is 0 Å². The van der Waals surface area contributed by atoms with Gasteiger partial charge in [0.05, 0.1) is 11.5 Å². The molecule has 4 nitrogen and oxygen atoms in total. The number of ether oxygens (including phenoxy) is 1. The molecule has 0 aliphatic carbocycles. The largest absolute Gasteiger partial charge is 0.501 e. The number of rotatable bonds is 3. The molecule has 0 unspecified atom stereocenters. The van der Waals surface area contributed by atoms with Gasteiger partial charge in [-0.15, -0.1) is 0 Å². The lowest BCUT2D eigenvalue weighted by Gasteiger charge is -2.07. The second-order valence-electron chi connectivity index (χ2n) is 2.46. The zero-order valence-electron chi connectivity index (χ0n) is 7.96. The van der Waals surface area contributed by atoms with Gasteiger partial charge in [-0.25, -0.2) is 13.2 Å². The molecule has 0 aromatic rings. The summed E-state index contributed by atoms with van der Waals surface area (Å²) in [5.41, 5.74) is -5.40. The van der Waals surface area contributed by atoms with Gasteiger partial charge in [-0.2, -0.15) is 13.2 Å². The van der Waals surface area contributed by atoms with E-state index in [0.29, 0.717) is 13.0 Å². The standard InChI is InChI=1S/C7H9F3O4S/c1-3-14-6(11)4-5(2)15(12,13)7(8,9)10/h4H,3H2,1-2H3/b5-4-. The maximum absolute atomic E-state index is 11.9. The molecule has 0 bridgehead atoms. The van der Waals surface area contributed by atoms with Crippen LogP contribution in [-0.2, 0) is 19.4 Å². The van der Waals surface area contributed by atoms with Crippen molar-refractivity contribution in [3.8, 4) is 0 Å². The maximum Gasteiger partial charge on any atom is 0.501 e. The van der Waals surface area contributed by atoms with Crippen molar-refractivity contribution >= 4 is 15.8 Å². The summed E-state index contributed by atoms with van der Waals surface area (Å²) >= 11 is 0. The molecule has 0 rings (SSSR count). The molecule has 0 radical (unpaired) electrons. The third kappa shape index (κ3) is 3.54. The van der Waals surface area contributed by atoms with Crippen LogP contribution in [0.1, 0.15) is 13.8 Å². The molecule has 0 saturated carbocycles. The number of hydrogen-bond acceptors (Lipinski definition) is 4. The van der Waals surface area contributed by atoms with Crippen molar-refractivity contribution in [2.75, 3.05) is 6.61 Å². The molecule has 0 spiro atoms. The highest BCUT2D eigenvalue weighted by Crippen LogP contribution is 2.28. The Labute approximate surface area is 84.6 Å². The van der Waals surface area contributed by atoms with Crippen molar-refractivity contribution in [2.45, 2.75) is 19.4 Å². The summed E-state index contributed by atoms with van der Waals surface area (Å²) < 4.78 is 61.5. The van der Waals surface area contributed by atoms with E-state index in [-0.39, 0.29) is 6.61 Å². The molecular formula is C7H9F3O4S. The molecule has 0 amide bonds. The quantitative estimate of drug-likeness (QED) is 0.557. The van der Waals surface area contributed by atoms with Gasteiger partial charge in [-0.3, -0.25) is 0 Å². The highest BCUT2D eigenvalue weighted by atomic mass is 32.2. The Morgan fingerprint density at radius 2 is 1.87 bits per heavy atom. The molecule has 0 atom stereocenters. The summed E-state index contributed by atoms with van der Waals surface area (Å²) in [4.78, 5) is 9.61. The normalized spacial score (nSPS) is 13.8. The number of sulfone groups is 1. The third-order valence-electron chi connectivity index (χ3n) is 1.34. The first-order chi connectivity index (χ1) is 6.63. The Hall–Kier alpha value is -1.05. The van der Waals surface area contributed by atoms with E-state index in [9.17, 15) is 26.4 Å². The zero-order chi connectivity index (χ0) is 12.3. The summed E-state index contributed by atoms with van der Waals surface area (Å²) in [6, 6.07) is 0. The summed E-state index contributed by atoms with van der Waals surface area (Å²) in [5, 5.41) is 0. The minimum atomic E-state index is -5.43. The van der Waals surface area contributed by atoms with Crippen LogP contribution < -0.4 is 0 Å². The smallest absolute Gasteiger partial charge is 0.463 e. The predicted octanol–water partition coefficient (Wildman–Crippen LogP) is 1.39. The van der Waals surface area contributed by atoms with Crippen LogP contribution in [-0.4, -0.2) is 26.5 Å². The Kier molecular flexibility index (Phi) is 4.32. The number of allylic oxidation sites excluding steroid dienone is 1. The van der Waals surface area contributed by atoms with Gasteiger partial charge in [0.15, 0.2) is 0 Å². The van der Waals surface area contributed by atoms with E-state index in [4.69, 9.17) is 0 Å². The van der Waals surface area contributed by atoms with Crippen LogP contribution in [0.4, 0.5) is 13.2 Å².